The molecule has 0 fully saturated rings. The third-order valence-corrected chi connectivity index (χ3v) is 3.83. The first-order valence-electron chi connectivity index (χ1n) is 7.91. The minimum absolute atomic E-state index is 0.120. The maximum Gasteiger partial charge on any atom is 0.161 e. The van der Waals surface area contributed by atoms with E-state index < -0.39 is 0 Å². The third-order valence-electron chi connectivity index (χ3n) is 3.83. The lowest BCUT2D eigenvalue weighted by Gasteiger charge is -2.14. The van der Waals surface area contributed by atoms with Crippen LogP contribution in [0.3, 0.4) is 0 Å². The maximum atomic E-state index is 11.7. The van der Waals surface area contributed by atoms with Crippen LogP contribution in [-0.2, 0) is 9.53 Å². The Kier molecular flexibility index (Phi) is 6.88. The summed E-state index contributed by atoms with van der Waals surface area (Å²) in [4.78, 5) is 11.7. The molecule has 1 aliphatic carbocycles. The van der Waals surface area contributed by atoms with E-state index in [1.807, 2.05) is 30.4 Å². The molecule has 0 aliphatic heterocycles. The molecule has 0 amide bonds. The number of benzene rings is 1. The van der Waals surface area contributed by atoms with Crippen LogP contribution < -0.4 is 9.47 Å². The summed E-state index contributed by atoms with van der Waals surface area (Å²) in [5.41, 5.74) is 1.03. The second-order valence-electron chi connectivity index (χ2n) is 5.47. The molecule has 23 heavy (non-hydrogen) atoms. The number of hydrogen-bond acceptors (Lipinski definition) is 4. The summed E-state index contributed by atoms with van der Waals surface area (Å²) in [7, 11) is 3.26. The van der Waals surface area contributed by atoms with Crippen LogP contribution in [0.4, 0.5) is 0 Å². The van der Waals surface area contributed by atoms with Gasteiger partial charge in [-0.3, -0.25) is 4.79 Å². The normalized spacial score (nSPS) is 17.7. The molecule has 1 aromatic rings. The monoisotopic (exact) mass is 316 g/mol. The average Bonchev–Trinajstić information content (AvgIpc) is 2.57. The minimum atomic E-state index is 0.120. The summed E-state index contributed by atoms with van der Waals surface area (Å²) in [6, 6.07) is 5.80. The van der Waals surface area contributed by atoms with Crippen molar-refractivity contribution in [3.8, 4) is 11.5 Å². The van der Waals surface area contributed by atoms with Crippen molar-refractivity contribution < 1.29 is 19.0 Å². The average molecular weight is 316 g/mol. The number of allylic oxidation sites excluding steroid dienone is 3. The van der Waals surface area contributed by atoms with E-state index in [-0.39, 0.29) is 11.7 Å². The van der Waals surface area contributed by atoms with Gasteiger partial charge in [-0.05, 0) is 43.0 Å². The van der Waals surface area contributed by atoms with E-state index in [1.54, 1.807) is 20.3 Å². The van der Waals surface area contributed by atoms with E-state index in [4.69, 9.17) is 14.2 Å². The number of rotatable bonds is 8. The standard InChI is InChI=1S/C19H24O4/c1-21-12-13-23-18-11-10-15(14-19(18)22-2)6-5-8-16-7-3-4-9-17(16)20/h4-6,9-11,14,16H,3,7-8,12-13H2,1-2H3. The Labute approximate surface area is 137 Å². The van der Waals surface area contributed by atoms with Crippen LogP contribution in [0.25, 0.3) is 6.08 Å². The summed E-state index contributed by atoms with van der Waals surface area (Å²) < 4.78 is 15.9. The highest BCUT2D eigenvalue weighted by molar-refractivity contribution is 5.92. The SMILES string of the molecule is COCCOc1ccc(C=CCC2CCC=CC2=O)cc1OC. The second-order valence-corrected chi connectivity index (χ2v) is 5.47. The summed E-state index contributed by atoms with van der Waals surface area (Å²) in [5.74, 6) is 1.75. The highest BCUT2D eigenvalue weighted by Gasteiger charge is 2.16. The van der Waals surface area contributed by atoms with Crippen molar-refractivity contribution in [1.82, 2.24) is 0 Å². The van der Waals surface area contributed by atoms with E-state index in [9.17, 15) is 4.79 Å². The third kappa shape index (κ3) is 5.25. The Morgan fingerprint density at radius 1 is 1.22 bits per heavy atom. The molecule has 0 heterocycles. The van der Waals surface area contributed by atoms with Gasteiger partial charge in [0.25, 0.3) is 0 Å². The molecule has 1 aromatic carbocycles. The highest BCUT2D eigenvalue weighted by Crippen LogP contribution is 2.29. The van der Waals surface area contributed by atoms with E-state index >= 15 is 0 Å². The smallest absolute Gasteiger partial charge is 0.161 e. The molecule has 1 aliphatic rings. The fraction of sp³-hybridized carbons (Fsp3) is 0.421. The van der Waals surface area contributed by atoms with Crippen molar-refractivity contribution in [3.63, 3.8) is 0 Å². The molecule has 2 rings (SSSR count). The molecule has 0 saturated heterocycles. The van der Waals surface area contributed by atoms with E-state index in [1.165, 1.54) is 0 Å². The molecular weight excluding hydrogens is 292 g/mol. The number of ketones is 1. The van der Waals surface area contributed by atoms with E-state index in [0.29, 0.717) is 24.7 Å². The Morgan fingerprint density at radius 3 is 2.83 bits per heavy atom. The zero-order valence-electron chi connectivity index (χ0n) is 13.8. The first-order valence-corrected chi connectivity index (χ1v) is 7.91. The lowest BCUT2D eigenvalue weighted by Crippen LogP contribution is -2.13. The summed E-state index contributed by atoms with van der Waals surface area (Å²) >= 11 is 0. The number of carbonyl (C=O) groups excluding carboxylic acids is 1. The predicted molar refractivity (Wildman–Crippen MR) is 90.9 cm³/mol. The van der Waals surface area contributed by atoms with Crippen molar-refractivity contribution in [2.45, 2.75) is 19.3 Å². The van der Waals surface area contributed by atoms with Crippen LogP contribution in [0.2, 0.25) is 0 Å². The van der Waals surface area contributed by atoms with Crippen molar-refractivity contribution in [2.24, 2.45) is 5.92 Å². The van der Waals surface area contributed by atoms with Gasteiger partial charge in [-0.2, -0.15) is 0 Å². The summed E-state index contributed by atoms with van der Waals surface area (Å²) in [6.07, 6.45) is 10.4. The van der Waals surface area contributed by atoms with E-state index in [0.717, 1.165) is 24.8 Å². The van der Waals surface area contributed by atoms with Crippen molar-refractivity contribution in [1.29, 1.82) is 0 Å². The predicted octanol–water partition coefficient (Wildman–Crippen LogP) is 3.66. The Balaban J connectivity index is 1.95. The Morgan fingerprint density at radius 2 is 2.09 bits per heavy atom. The number of ether oxygens (including phenoxy) is 3. The number of hydrogen-bond donors (Lipinski definition) is 0. The first kappa shape index (κ1) is 17.3. The minimum Gasteiger partial charge on any atom is -0.493 e. The molecule has 0 bridgehead atoms. The molecule has 0 aromatic heterocycles. The van der Waals surface area contributed by atoms with Gasteiger partial charge in [0, 0.05) is 13.0 Å². The topological polar surface area (TPSA) is 44.8 Å². The van der Waals surface area contributed by atoms with Crippen LogP contribution in [-0.4, -0.2) is 33.2 Å². The van der Waals surface area contributed by atoms with E-state index in [2.05, 4.69) is 6.08 Å². The first-order chi connectivity index (χ1) is 11.2. The molecule has 0 radical (unpaired) electrons. The Bertz CT molecular complexity index is 575. The molecule has 4 heteroatoms. The van der Waals surface area contributed by atoms with Crippen LogP contribution in [0.15, 0.2) is 36.4 Å². The van der Waals surface area contributed by atoms with Crippen LogP contribution >= 0.6 is 0 Å². The molecule has 4 nitrogen and oxygen atoms in total. The molecule has 1 unspecified atom stereocenters. The van der Waals surface area contributed by atoms with Gasteiger partial charge in [0.2, 0.25) is 0 Å². The van der Waals surface area contributed by atoms with Crippen LogP contribution in [0.1, 0.15) is 24.8 Å². The van der Waals surface area contributed by atoms with Gasteiger partial charge in [-0.15, -0.1) is 0 Å². The van der Waals surface area contributed by atoms with Gasteiger partial charge < -0.3 is 14.2 Å². The number of carbonyl (C=O) groups is 1. The lowest BCUT2D eigenvalue weighted by molar-refractivity contribution is -0.118. The van der Waals surface area contributed by atoms with Crippen LogP contribution in [0, 0.1) is 5.92 Å². The van der Waals surface area contributed by atoms with Crippen LogP contribution in [0.5, 0.6) is 11.5 Å². The van der Waals surface area contributed by atoms with Gasteiger partial charge in [0.05, 0.1) is 13.7 Å². The van der Waals surface area contributed by atoms with Crippen molar-refractivity contribution in [2.75, 3.05) is 27.4 Å². The van der Waals surface area contributed by atoms with Gasteiger partial charge >= 0.3 is 0 Å². The quantitative estimate of drug-likeness (QED) is 0.687. The maximum absolute atomic E-state index is 11.7. The van der Waals surface area contributed by atoms with Crippen molar-refractivity contribution >= 4 is 11.9 Å². The molecule has 1 atom stereocenters. The fourth-order valence-corrected chi connectivity index (χ4v) is 2.52. The zero-order chi connectivity index (χ0) is 16.5. The zero-order valence-corrected chi connectivity index (χ0v) is 13.8. The Hall–Kier alpha value is -2.07. The number of methoxy groups -OCH3 is 2. The van der Waals surface area contributed by atoms with Gasteiger partial charge in [0.1, 0.15) is 6.61 Å². The largest absolute Gasteiger partial charge is 0.493 e. The summed E-state index contributed by atoms with van der Waals surface area (Å²) in [5, 5.41) is 0. The van der Waals surface area contributed by atoms with Crippen molar-refractivity contribution in [3.05, 3.63) is 42.0 Å². The van der Waals surface area contributed by atoms with Gasteiger partial charge in [-0.25, -0.2) is 0 Å². The summed E-state index contributed by atoms with van der Waals surface area (Å²) in [6.45, 7) is 1.02. The molecule has 0 N–H and O–H groups in total. The van der Waals surface area contributed by atoms with Gasteiger partial charge in [0.15, 0.2) is 17.3 Å². The highest BCUT2D eigenvalue weighted by atomic mass is 16.5. The molecule has 0 spiro atoms. The molecular formula is C19H24O4. The lowest BCUT2D eigenvalue weighted by atomic mass is 9.90. The molecule has 0 saturated carbocycles. The molecule has 124 valence electrons. The van der Waals surface area contributed by atoms with Gasteiger partial charge in [-0.1, -0.05) is 24.3 Å². The fourth-order valence-electron chi connectivity index (χ4n) is 2.52. The second kappa shape index (κ2) is 9.16.